The minimum Gasteiger partial charge on any atom is -0.507 e. The molecule has 0 aromatic heterocycles. The maximum atomic E-state index is 13.2. The second-order valence-electron chi connectivity index (χ2n) is 11.5. The molecule has 2 aromatic carbocycles. The molecule has 7 nitrogen and oxygen atoms in total. The third-order valence-electron chi connectivity index (χ3n) is 9.35. The van der Waals surface area contributed by atoms with E-state index in [1.807, 2.05) is 43.6 Å². The predicted molar refractivity (Wildman–Crippen MR) is 150 cm³/mol. The number of ketones is 1. The second kappa shape index (κ2) is 9.50. The van der Waals surface area contributed by atoms with Crippen molar-refractivity contribution in [3.8, 4) is 5.75 Å². The molecule has 0 unspecified atom stereocenters. The van der Waals surface area contributed by atoms with Crippen molar-refractivity contribution in [3.63, 3.8) is 0 Å². The number of allylic oxidation sites excluding steroid dienone is 3. The molecule has 0 radical (unpaired) electrons. The van der Waals surface area contributed by atoms with Gasteiger partial charge < -0.3 is 25.7 Å². The van der Waals surface area contributed by atoms with Gasteiger partial charge in [0, 0.05) is 48.3 Å². The molecule has 1 saturated carbocycles. The van der Waals surface area contributed by atoms with Crippen LogP contribution in [0.25, 0.3) is 5.57 Å². The number of hydrogen-bond donors (Lipinski definition) is 4. The normalized spacial score (nSPS) is 27.7. The topological polar surface area (TPSA) is 102 Å². The van der Waals surface area contributed by atoms with Crippen molar-refractivity contribution in [1.29, 1.82) is 0 Å². The Bertz CT molecular complexity index is 1430. The van der Waals surface area contributed by atoms with E-state index in [9.17, 15) is 19.8 Å². The zero-order valence-electron chi connectivity index (χ0n) is 22.3. The summed E-state index contributed by atoms with van der Waals surface area (Å²) in [7, 11) is 2.02. The van der Waals surface area contributed by atoms with Gasteiger partial charge in [-0.05, 0) is 73.7 Å². The van der Waals surface area contributed by atoms with Gasteiger partial charge in [-0.15, -0.1) is 0 Å². The number of piperidine rings is 1. The lowest BCUT2D eigenvalue weighted by Gasteiger charge is -2.62. The van der Waals surface area contributed by atoms with E-state index in [1.54, 1.807) is 6.07 Å². The van der Waals surface area contributed by atoms with E-state index in [1.165, 1.54) is 0 Å². The Morgan fingerprint density at radius 1 is 1.18 bits per heavy atom. The third kappa shape index (κ3) is 4.12. The largest absolute Gasteiger partial charge is 0.507 e. The van der Waals surface area contributed by atoms with Crippen LogP contribution in [0.15, 0.2) is 67.0 Å². The van der Waals surface area contributed by atoms with Crippen LogP contribution in [-0.4, -0.2) is 58.6 Å². The number of amides is 1. The molecule has 2 aliphatic heterocycles. The van der Waals surface area contributed by atoms with Crippen LogP contribution in [0.4, 0.5) is 0 Å². The molecule has 0 spiro atoms. The summed E-state index contributed by atoms with van der Waals surface area (Å²) in [6.07, 6.45) is 8.62. The SMILES string of the molecule is C=C1C=CC(c2ccc(CCNC(=O)c3ccc4c(c3O)[C@]35CCN(C)[C@H](C4)[C@]3(O)CCC(=O)C5)cc2)=CN1. The minimum absolute atomic E-state index is 0.0874. The molecule has 202 valence electrons. The van der Waals surface area contributed by atoms with Crippen molar-refractivity contribution >= 4 is 17.3 Å². The van der Waals surface area contributed by atoms with Crippen LogP contribution in [0.1, 0.15) is 58.3 Å². The Labute approximate surface area is 228 Å². The van der Waals surface area contributed by atoms with Gasteiger partial charge in [-0.25, -0.2) is 0 Å². The van der Waals surface area contributed by atoms with E-state index in [0.29, 0.717) is 44.2 Å². The van der Waals surface area contributed by atoms with Crippen molar-refractivity contribution in [2.75, 3.05) is 20.1 Å². The molecule has 3 atom stereocenters. The molecule has 2 aromatic rings. The quantitative estimate of drug-likeness (QED) is 0.478. The van der Waals surface area contributed by atoms with Gasteiger partial charge in [-0.2, -0.15) is 0 Å². The second-order valence-corrected chi connectivity index (χ2v) is 11.5. The smallest absolute Gasteiger partial charge is 0.255 e. The van der Waals surface area contributed by atoms with Gasteiger partial charge >= 0.3 is 0 Å². The highest BCUT2D eigenvalue weighted by Gasteiger charge is 2.65. The van der Waals surface area contributed by atoms with Gasteiger partial charge in [-0.3, -0.25) is 9.59 Å². The van der Waals surface area contributed by atoms with Gasteiger partial charge in [0.25, 0.3) is 5.91 Å². The van der Waals surface area contributed by atoms with Crippen LogP contribution >= 0.6 is 0 Å². The summed E-state index contributed by atoms with van der Waals surface area (Å²) in [5.74, 6) is -0.336. The van der Waals surface area contributed by atoms with Gasteiger partial charge in [-0.1, -0.05) is 43.0 Å². The Kier molecular flexibility index (Phi) is 6.24. The highest BCUT2D eigenvalue weighted by atomic mass is 16.3. The number of aromatic hydroxyl groups is 1. The molecule has 7 heteroatoms. The van der Waals surface area contributed by atoms with Crippen LogP contribution in [0.2, 0.25) is 0 Å². The van der Waals surface area contributed by atoms with E-state index in [0.717, 1.165) is 34.5 Å². The number of likely N-dealkylation sites (tertiary alicyclic amines) is 1. The van der Waals surface area contributed by atoms with Crippen LogP contribution in [0.3, 0.4) is 0 Å². The number of aliphatic hydroxyl groups is 1. The number of phenolic OH excluding ortho intramolecular Hbond substituents is 1. The van der Waals surface area contributed by atoms with E-state index >= 15 is 0 Å². The van der Waals surface area contributed by atoms with Crippen molar-refractivity contribution in [2.45, 2.75) is 55.6 Å². The number of likely N-dealkylation sites (N-methyl/N-ethyl adjacent to an activating group) is 1. The van der Waals surface area contributed by atoms with Crippen LogP contribution in [0.5, 0.6) is 5.75 Å². The van der Waals surface area contributed by atoms with Gasteiger partial charge in [0.2, 0.25) is 0 Å². The van der Waals surface area contributed by atoms with Gasteiger partial charge in [0.05, 0.1) is 11.2 Å². The first-order valence-corrected chi connectivity index (χ1v) is 13.7. The molecule has 1 amide bonds. The zero-order valence-corrected chi connectivity index (χ0v) is 22.3. The molecule has 1 saturated heterocycles. The average molecular weight is 526 g/mol. The number of nitrogens with zero attached hydrogens (tertiary/aromatic N) is 1. The number of hydrogen-bond acceptors (Lipinski definition) is 6. The van der Waals surface area contributed by atoms with E-state index in [-0.39, 0.29) is 35.5 Å². The predicted octanol–water partition coefficient (Wildman–Crippen LogP) is 3.36. The Morgan fingerprint density at radius 3 is 2.72 bits per heavy atom. The number of dihydropyridines is 1. The van der Waals surface area contributed by atoms with Crippen molar-refractivity contribution in [3.05, 3.63) is 94.8 Å². The summed E-state index contributed by atoms with van der Waals surface area (Å²) >= 11 is 0. The van der Waals surface area contributed by atoms with Gasteiger partial charge in [0.15, 0.2) is 0 Å². The number of fused-ring (bicyclic) bond motifs is 1. The molecule has 6 rings (SSSR count). The lowest BCUT2D eigenvalue weighted by atomic mass is 9.49. The van der Waals surface area contributed by atoms with Crippen LogP contribution in [-0.2, 0) is 23.1 Å². The Morgan fingerprint density at radius 2 is 1.97 bits per heavy atom. The number of benzene rings is 2. The average Bonchev–Trinajstić information content (AvgIpc) is 2.92. The number of carbonyl (C=O) groups is 2. The zero-order chi connectivity index (χ0) is 27.4. The lowest BCUT2D eigenvalue weighted by Crippen LogP contribution is -2.72. The number of carbonyl (C=O) groups excluding carboxylic acids is 2. The molecule has 4 aliphatic rings. The number of nitrogens with one attached hydrogen (secondary N) is 2. The first-order valence-electron chi connectivity index (χ1n) is 13.7. The standard InChI is InChI=1S/C32H35N3O4/c1-20-3-6-24(19-34-20)22-7-4-21(5-8-22)12-15-33-30(38)26-10-9-23-17-27-32(39)13-11-25(36)18-31(32,14-16-35(27)2)28(23)29(26)37/h3-10,19,27,34,37,39H,1,11-18H2,2H3,(H,33,38)/t27-,31-,32-/m1/s1. The summed E-state index contributed by atoms with van der Waals surface area (Å²) in [5.41, 5.74) is 3.87. The maximum Gasteiger partial charge on any atom is 0.255 e. The van der Waals surface area contributed by atoms with E-state index in [2.05, 4.69) is 34.2 Å². The fraction of sp³-hybridized carbons (Fsp3) is 0.375. The highest BCUT2D eigenvalue weighted by Crippen LogP contribution is 2.59. The van der Waals surface area contributed by atoms with E-state index < -0.39 is 11.0 Å². The highest BCUT2D eigenvalue weighted by molar-refractivity contribution is 5.98. The molecular weight excluding hydrogens is 490 g/mol. The molecule has 2 aliphatic carbocycles. The molecule has 2 heterocycles. The number of phenols is 1. The number of rotatable bonds is 5. The molecule has 2 bridgehead atoms. The lowest BCUT2D eigenvalue weighted by molar-refractivity contribution is -0.169. The molecule has 39 heavy (non-hydrogen) atoms. The summed E-state index contributed by atoms with van der Waals surface area (Å²) < 4.78 is 0. The summed E-state index contributed by atoms with van der Waals surface area (Å²) in [6, 6.07) is 11.7. The Balaban J connectivity index is 1.19. The number of Topliss-reactive ketones (excluding diaryl/α,β-unsaturated/α-hetero) is 1. The third-order valence-corrected chi connectivity index (χ3v) is 9.35. The first-order chi connectivity index (χ1) is 18.7. The fourth-order valence-electron chi connectivity index (χ4n) is 7.22. The maximum absolute atomic E-state index is 13.2. The van der Waals surface area contributed by atoms with E-state index in [4.69, 9.17) is 0 Å². The molecule has 2 fully saturated rings. The van der Waals surface area contributed by atoms with Crippen molar-refractivity contribution < 1.29 is 19.8 Å². The fourth-order valence-corrected chi connectivity index (χ4v) is 7.22. The van der Waals surface area contributed by atoms with Crippen LogP contribution < -0.4 is 10.6 Å². The monoisotopic (exact) mass is 525 g/mol. The molecule has 4 N–H and O–H groups in total. The summed E-state index contributed by atoms with van der Waals surface area (Å²) in [4.78, 5) is 28.1. The van der Waals surface area contributed by atoms with Crippen LogP contribution in [0, 0.1) is 0 Å². The van der Waals surface area contributed by atoms with Crippen molar-refractivity contribution in [2.24, 2.45) is 0 Å². The van der Waals surface area contributed by atoms with Crippen molar-refractivity contribution in [1.82, 2.24) is 15.5 Å². The Hall–Kier alpha value is -3.68. The summed E-state index contributed by atoms with van der Waals surface area (Å²) in [5, 5.41) is 29.6. The minimum atomic E-state index is -1.10. The first kappa shape index (κ1) is 25.6. The molecular formula is C32H35N3O4. The summed E-state index contributed by atoms with van der Waals surface area (Å²) in [6.45, 7) is 5.02. The van der Waals surface area contributed by atoms with Gasteiger partial charge in [0.1, 0.15) is 11.5 Å².